The number of aliphatic hydroxyl groups is 1. The zero-order valence-electron chi connectivity index (χ0n) is 14.1. The molecule has 1 rings (SSSR count). The quantitative estimate of drug-likeness (QED) is 0.492. The highest BCUT2D eigenvalue weighted by Crippen LogP contribution is 2.32. The van der Waals surface area contributed by atoms with E-state index in [9.17, 15) is 9.90 Å². The topological polar surface area (TPSA) is 49.7 Å². The Morgan fingerprint density at radius 3 is 2.77 bits per heavy atom. The number of nitrogens with zero attached hydrogens (tertiary/aromatic N) is 1. The van der Waals surface area contributed by atoms with Crippen LogP contribution in [0.4, 0.5) is 0 Å². The lowest BCUT2D eigenvalue weighted by Gasteiger charge is -2.26. The first-order valence-electron chi connectivity index (χ1n) is 8.24. The Hall–Kier alpha value is -1.03. The zero-order valence-corrected chi connectivity index (χ0v) is 14.9. The fourth-order valence-electron chi connectivity index (χ4n) is 2.98. The highest BCUT2D eigenvalue weighted by atomic mass is 32.2. The molecule has 1 aliphatic rings. The lowest BCUT2D eigenvalue weighted by molar-refractivity contribution is -0.116. The van der Waals surface area contributed by atoms with E-state index < -0.39 is 0 Å². The van der Waals surface area contributed by atoms with E-state index in [1.807, 2.05) is 11.8 Å². The molecule has 1 unspecified atom stereocenters. The molecule has 3 nitrogen and oxygen atoms in total. The molecule has 0 aromatic rings. The summed E-state index contributed by atoms with van der Waals surface area (Å²) in [4.78, 5) is 16.9. The van der Waals surface area contributed by atoms with Crippen molar-refractivity contribution in [2.75, 3.05) is 12.3 Å². The molecule has 0 heterocycles. The first-order chi connectivity index (χ1) is 10.5. The molecule has 0 saturated carbocycles. The standard InChI is InChI=1S/C18H29NO2S/c1-5-8-15(19-9-6-2)18-16(20)11-14(12-17(18)21)10-13(4)22-7-3/h6,13-14,20H,2,5,7-12H2,1,3-4H3/t13-,14?/m0/s1. The van der Waals surface area contributed by atoms with Crippen LogP contribution in [0, 0.1) is 5.92 Å². The molecule has 0 aromatic carbocycles. The van der Waals surface area contributed by atoms with Gasteiger partial charge in [-0.1, -0.05) is 33.3 Å². The van der Waals surface area contributed by atoms with Crippen molar-refractivity contribution in [3.8, 4) is 0 Å². The van der Waals surface area contributed by atoms with Crippen LogP contribution >= 0.6 is 11.8 Å². The molecule has 1 aliphatic carbocycles. The summed E-state index contributed by atoms with van der Waals surface area (Å²) in [6.07, 6.45) is 5.47. The van der Waals surface area contributed by atoms with Crippen molar-refractivity contribution in [2.45, 2.75) is 58.1 Å². The molecular formula is C18H29NO2S. The van der Waals surface area contributed by atoms with Gasteiger partial charge in [-0.25, -0.2) is 0 Å². The van der Waals surface area contributed by atoms with E-state index in [-0.39, 0.29) is 17.5 Å². The van der Waals surface area contributed by atoms with Gasteiger partial charge >= 0.3 is 0 Å². The first kappa shape index (κ1) is 19.0. The van der Waals surface area contributed by atoms with Crippen LogP contribution in [-0.2, 0) is 4.79 Å². The molecule has 2 atom stereocenters. The van der Waals surface area contributed by atoms with Crippen molar-refractivity contribution in [3.05, 3.63) is 24.0 Å². The molecule has 124 valence electrons. The van der Waals surface area contributed by atoms with Crippen molar-refractivity contribution in [1.29, 1.82) is 0 Å². The molecule has 0 bridgehead atoms. The average molecular weight is 324 g/mol. The maximum absolute atomic E-state index is 12.5. The molecule has 4 heteroatoms. The number of Topliss-reactive ketones (excluding diaryl/α,β-unsaturated/α-hetero) is 1. The molecule has 0 aliphatic heterocycles. The van der Waals surface area contributed by atoms with Gasteiger partial charge in [0.1, 0.15) is 5.76 Å². The second-order valence-electron chi connectivity index (χ2n) is 5.85. The van der Waals surface area contributed by atoms with Gasteiger partial charge in [0.05, 0.1) is 12.1 Å². The van der Waals surface area contributed by atoms with Gasteiger partial charge in [-0.05, 0) is 24.5 Å². The highest BCUT2D eigenvalue weighted by Gasteiger charge is 2.30. The number of aliphatic hydroxyl groups excluding tert-OH is 1. The molecule has 0 radical (unpaired) electrons. The smallest absolute Gasteiger partial charge is 0.168 e. The number of allylic oxidation sites excluding steroid dienone is 2. The summed E-state index contributed by atoms with van der Waals surface area (Å²) in [6, 6.07) is 0. The third-order valence-electron chi connectivity index (χ3n) is 3.83. The summed E-state index contributed by atoms with van der Waals surface area (Å²) < 4.78 is 0. The number of ketones is 1. The number of carbonyl (C=O) groups is 1. The van der Waals surface area contributed by atoms with E-state index in [1.54, 1.807) is 6.08 Å². The maximum atomic E-state index is 12.5. The van der Waals surface area contributed by atoms with Crippen LogP contribution in [0.5, 0.6) is 0 Å². The molecular weight excluding hydrogens is 294 g/mol. The van der Waals surface area contributed by atoms with Gasteiger partial charge in [0.15, 0.2) is 5.78 Å². The van der Waals surface area contributed by atoms with E-state index in [2.05, 4.69) is 32.3 Å². The first-order valence-corrected chi connectivity index (χ1v) is 9.29. The number of thioether (sulfide) groups is 1. The number of hydrogen-bond donors (Lipinski definition) is 1. The van der Waals surface area contributed by atoms with E-state index in [0.717, 1.165) is 30.7 Å². The van der Waals surface area contributed by atoms with Gasteiger partial charge in [0.25, 0.3) is 0 Å². The zero-order chi connectivity index (χ0) is 16.5. The van der Waals surface area contributed by atoms with E-state index in [1.165, 1.54) is 0 Å². The Balaban J connectivity index is 2.87. The largest absolute Gasteiger partial charge is 0.511 e. The predicted octanol–water partition coefficient (Wildman–Crippen LogP) is 4.74. The summed E-state index contributed by atoms with van der Waals surface area (Å²) in [7, 11) is 0. The SMILES string of the molecule is C=CCN=C(CCC)C1=C(O)CC(C[C@H](C)SCC)CC1=O. The van der Waals surface area contributed by atoms with Crippen LogP contribution in [0.2, 0.25) is 0 Å². The molecule has 0 aromatic heterocycles. The van der Waals surface area contributed by atoms with Gasteiger partial charge in [-0.2, -0.15) is 11.8 Å². The van der Waals surface area contributed by atoms with Gasteiger partial charge in [-0.15, -0.1) is 6.58 Å². The number of rotatable bonds is 9. The van der Waals surface area contributed by atoms with Crippen LogP contribution in [-0.4, -0.2) is 34.1 Å². The van der Waals surface area contributed by atoms with Crippen LogP contribution in [0.15, 0.2) is 29.0 Å². The number of hydrogen-bond acceptors (Lipinski definition) is 4. The lowest BCUT2D eigenvalue weighted by atomic mass is 9.82. The van der Waals surface area contributed by atoms with Gasteiger partial charge in [0, 0.05) is 23.8 Å². The fourth-order valence-corrected chi connectivity index (χ4v) is 3.96. The molecule has 0 saturated heterocycles. The lowest BCUT2D eigenvalue weighted by Crippen LogP contribution is -2.26. The third-order valence-corrected chi connectivity index (χ3v) is 4.92. The summed E-state index contributed by atoms with van der Waals surface area (Å²) in [5, 5.41) is 10.9. The minimum Gasteiger partial charge on any atom is -0.511 e. The second-order valence-corrected chi connectivity index (χ2v) is 7.56. The molecule has 1 N–H and O–H groups in total. The summed E-state index contributed by atoms with van der Waals surface area (Å²) >= 11 is 1.91. The van der Waals surface area contributed by atoms with Crippen LogP contribution in [0.25, 0.3) is 0 Å². The van der Waals surface area contributed by atoms with Crippen molar-refractivity contribution in [1.82, 2.24) is 0 Å². The normalized spacial score (nSPS) is 21.1. The minimum absolute atomic E-state index is 0.0544. The van der Waals surface area contributed by atoms with Gasteiger partial charge < -0.3 is 5.11 Å². The number of carbonyl (C=O) groups excluding carboxylic acids is 1. The van der Waals surface area contributed by atoms with Gasteiger partial charge in [-0.3, -0.25) is 9.79 Å². The Labute approximate surface area is 139 Å². The molecule has 0 amide bonds. The highest BCUT2D eigenvalue weighted by molar-refractivity contribution is 7.99. The van der Waals surface area contributed by atoms with Gasteiger partial charge in [0.2, 0.25) is 0 Å². The second kappa shape index (κ2) is 9.88. The predicted molar refractivity (Wildman–Crippen MR) is 97.0 cm³/mol. The third kappa shape index (κ3) is 5.64. The molecule has 0 spiro atoms. The monoisotopic (exact) mass is 323 g/mol. The summed E-state index contributed by atoms with van der Waals surface area (Å²) in [5.74, 6) is 1.64. The van der Waals surface area contributed by atoms with Crippen LogP contribution in [0.3, 0.4) is 0 Å². The Kier molecular flexibility index (Phi) is 8.54. The van der Waals surface area contributed by atoms with Crippen molar-refractivity contribution in [2.24, 2.45) is 10.9 Å². The van der Waals surface area contributed by atoms with Crippen LogP contribution < -0.4 is 0 Å². The van der Waals surface area contributed by atoms with Crippen molar-refractivity contribution >= 4 is 23.3 Å². The Bertz CT molecular complexity index is 454. The summed E-state index contributed by atoms with van der Waals surface area (Å²) in [5.41, 5.74) is 1.23. The van der Waals surface area contributed by atoms with Crippen molar-refractivity contribution < 1.29 is 9.90 Å². The van der Waals surface area contributed by atoms with E-state index in [4.69, 9.17) is 0 Å². The number of aliphatic imine (C=N–C) groups is 1. The average Bonchev–Trinajstić information content (AvgIpc) is 2.44. The van der Waals surface area contributed by atoms with E-state index in [0.29, 0.717) is 30.2 Å². The van der Waals surface area contributed by atoms with Crippen molar-refractivity contribution in [3.63, 3.8) is 0 Å². The van der Waals surface area contributed by atoms with E-state index >= 15 is 0 Å². The minimum atomic E-state index is 0.0544. The Morgan fingerprint density at radius 2 is 2.23 bits per heavy atom. The molecule has 0 fully saturated rings. The molecule has 22 heavy (non-hydrogen) atoms. The Morgan fingerprint density at radius 1 is 1.50 bits per heavy atom. The maximum Gasteiger partial charge on any atom is 0.168 e. The summed E-state index contributed by atoms with van der Waals surface area (Å²) in [6.45, 7) is 10.6. The fraction of sp³-hybridized carbons (Fsp3) is 0.667. The van der Waals surface area contributed by atoms with Crippen LogP contribution in [0.1, 0.15) is 52.9 Å².